The summed E-state index contributed by atoms with van der Waals surface area (Å²) in [5, 5.41) is 3.09. The molecular formula is C41H81BN2O5PS. The second-order valence-electron chi connectivity index (χ2n) is 14.7. The Kier molecular flexibility index (Phi) is 35.4. The van der Waals surface area contributed by atoms with Crippen molar-refractivity contribution in [2.24, 2.45) is 0 Å². The fourth-order valence-corrected chi connectivity index (χ4v) is 7.19. The zero-order chi connectivity index (χ0) is 39.2. The summed E-state index contributed by atoms with van der Waals surface area (Å²) in [4.78, 5) is 40.5. The first-order valence-electron chi connectivity index (χ1n) is 22.3. The maximum absolute atomic E-state index is 13.0. The Balaban J connectivity index is 5.01. The molecule has 1 radical (unpaired) electrons. The Morgan fingerprint density at radius 2 is 1.20 bits per heavy atom. The second-order valence-corrected chi connectivity index (χ2v) is 16.3. The number of unbranched alkanes of at least 4 members (excludes halogenated alkanes) is 22. The van der Waals surface area contributed by atoms with E-state index in [1.54, 1.807) is 4.90 Å². The number of nitrogens with zero attached hydrogens (tertiary/aromatic N) is 1. The minimum atomic E-state index is -1.49. The number of amides is 2. The van der Waals surface area contributed by atoms with Crippen molar-refractivity contribution in [3.8, 4) is 0 Å². The zero-order valence-electron chi connectivity index (χ0n) is 35.7. The molecule has 51 heavy (non-hydrogen) atoms. The van der Waals surface area contributed by atoms with Crippen LogP contribution in [0.3, 0.4) is 0 Å². The number of ether oxygens (including phenoxy) is 1. The summed E-state index contributed by atoms with van der Waals surface area (Å²) < 4.78 is 26.9. The standard InChI is InChI=1S/C41H81BN2O5PS/c1-5-8-11-14-16-18-19-21-22-25-28-31-40(46)43-38(36-48-51-50-42)35-44(37(4)45)34-33-39(30-27-24-13-10-7-3)49-41(47)32-29-26-23-20-17-15-12-9-6-2/h38-39,42,50H,5-36H2,1-4H3,(H,43,46)/t38-,39-,50?/m1/s1/i42T,50D. The molecule has 0 spiro atoms. The van der Waals surface area contributed by atoms with E-state index in [1.807, 2.05) is 0 Å². The fraction of sp³-hybridized carbons (Fsp3) is 0.927. The smallest absolute Gasteiger partial charge is 0.306 e. The lowest BCUT2D eigenvalue weighted by Gasteiger charge is -2.29. The van der Waals surface area contributed by atoms with Gasteiger partial charge < -0.3 is 19.1 Å². The molecule has 0 rings (SSSR count). The van der Waals surface area contributed by atoms with E-state index < -0.39 is 13.6 Å². The summed E-state index contributed by atoms with van der Waals surface area (Å²) in [5.41, 5.74) is 0. The first-order valence-corrected chi connectivity index (χ1v) is 23.6. The van der Waals surface area contributed by atoms with Crippen LogP contribution in [0.4, 0.5) is 0 Å². The van der Waals surface area contributed by atoms with Crippen molar-refractivity contribution in [2.45, 2.75) is 226 Å². The average Bonchev–Trinajstić information content (AvgIpc) is 3.14. The van der Waals surface area contributed by atoms with Gasteiger partial charge in [-0.05, 0) is 27.0 Å². The van der Waals surface area contributed by atoms with E-state index in [0.717, 1.165) is 77.0 Å². The quantitative estimate of drug-likeness (QED) is 0.0220. The number of carbonyl (C=O) groups excluding carboxylic acids is 3. The molecule has 0 fully saturated rings. The van der Waals surface area contributed by atoms with Crippen LogP contribution in [-0.4, -0.2) is 64.7 Å². The minimum Gasteiger partial charge on any atom is -0.462 e. The molecule has 0 aliphatic heterocycles. The van der Waals surface area contributed by atoms with E-state index in [0.29, 0.717) is 25.8 Å². The van der Waals surface area contributed by atoms with E-state index in [9.17, 15) is 14.4 Å². The van der Waals surface area contributed by atoms with Gasteiger partial charge in [0.25, 0.3) is 0 Å². The third-order valence-corrected chi connectivity index (χ3v) is 10.7. The molecule has 2 amide bonds. The molecule has 1 unspecified atom stereocenters. The van der Waals surface area contributed by atoms with Crippen LogP contribution in [-0.2, 0) is 23.3 Å². The number of nitrogens with one attached hydrogen (secondary N) is 1. The van der Waals surface area contributed by atoms with Crippen molar-refractivity contribution in [3.63, 3.8) is 0 Å². The van der Waals surface area contributed by atoms with Crippen molar-refractivity contribution in [2.75, 3.05) is 19.7 Å². The number of hydrogen-bond acceptors (Lipinski definition) is 6. The molecule has 7 nitrogen and oxygen atoms in total. The Labute approximate surface area is 325 Å². The lowest BCUT2D eigenvalue weighted by Crippen LogP contribution is -2.48. The highest BCUT2D eigenvalue weighted by atomic mass is 32.7. The van der Waals surface area contributed by atoms with Crippen LogP contribution in [0.2, 0.25) is 0 Å². The minimum absolute atomic E-state index is 0.0569. The van der Waals surface area contributed by atoms with Crippen molar-refractivity contribution in [3.05, 3.63) is 0 Å². The molecule has 0 saturated carbocycles. The molecule has 0 aliphatic rings. The van der Waals surface area contributed by atoms with Crippen LogP contribution in [0.1, 0.15) is 214 Å². The molecule has 0 aliphatic carbocycles. The Morgan fingerprint density at radius 1 is 0.725 bits per heavy atom. The van der Waals surface area contributed by atoms with Crippen LogP contribution in [0.25, 0.3) is 0 Å². The Bertz CT molecular complexity index is 869. The van der Waals surface area contributed by atoms with E-state index in [1.165, 1.54) is 116 Å². The molecule has 0 heterocycles. The number of hydrogen-bond donors (Lipinski definition) is 1. The number of rotatable bonds is 40. The molecular weight excluding hydrogens is 674 g/mol. The van der Waals surface area contributed by atoms with Gasteiger partial charge in [-0.1, -0.05) is 170 Å². The maximum atomic E-state index is 13.0. The van der Waals surface area contributed by atoms with Gasteiger partial charge in [0.2, 0.25) is 11.8 Å². The van der Waals surface area contributed by atoms with Crippen molar-refractivity contribution in [1.82, 2.24) is 10.2 Å². The first-order chi connectivity index (χ1) is 25.8. The van der Waals surface area contributed by atoms with Gasteiger partial charge in [-0.3, -0.25) is 14.4 Å². The number of carbonyl (C=O) groups is 3. The molecule has 10 heteroatoms. The highest BCUT2D eigenvalue weighted by Gasteiger charge is 2.22. The third-order valence-electron chi connectivity index (χ3n) is 9.76. The molecule has 0 aromatic heterocycles. The van der Waals surface area contributed by atoms with Gasteiger partial charge in [-0.25, -0.2) is 0 Å². The van der Waals surface area contributed by atoms with Crippen molar-refractivity contribution >= 4 is 44.6 Å². The highest BCUT2D eigenvalue weighted by Crippen LogP contribution is 2.24. The van der Waals surface area contributed by atoms with Gasteiger partial charge in [-0.2, -0.15) is 0 Å². The lowest BCUT2D eigenvalue weighted by atomic mass is 10.0. The van der Waals surface area contributed by atoms with Crippen molar-refractivity contribution in [1.29, 1.82) is 2.61 Å². The second kappa shape index (κ2) is 38.9. The topological polar surface area (TPSA) is 84.9 Å². The van der Waals surface area contributed by atoms with Crippen LogP contribution in [0.15, 0.2) is 0 Å². The summed E-state index contributed by atoms with van der Waals surface area (Å²) in [6.45, 7) is 9.05. The Morgan fingerprint density at radius 3 is 1.69 bits per heavy atom. The number of esters is 1. The van der Waals surface area contributed by atoms with Gasteiger partial charge in [0.05, 0.1) is 13.9 Å². The first kappa shape index (κ1) is 46.4. The normalized spacial score (nSPS) is 13.6. The average molecular weight is 759 g/mol. The SMILES string of the molecule is [2H]P([B][3H])SOC[C@@H](CN(CC[C@@H](CCCCCCC)OC(=O)CCCCCCCCCCC)C(C)=O)NC(=O)CCCCCCCCCCCCC. The van der Waals surface area contributed by atoms with Crippen LogP contribution < -0.4 is 5.32 Å². The predicted molar refractivity (Wildman–Crippen MR) is 224 cm³/mol. The molecule has 0 bridgehead atoms. The molecule has 0 aromatic carbocycles. The van der Waals surface area contributed by atoms with Crippen molar-refractivity contribution < 1.29 is 23.3 Å². The molecule has 1 N–H and O–H groups in total. The summed E-state index contributed by atoms with van der Waals surface area (Å²) >= 11 is 0.934. The Hall–Kier alpha value is -0.785. The highest BCUT2D eigenvalue weighted by molar-refractivity contribution is 8.53. The van der Waals surface area contributed by atoms with Gasteiger partial charge in [0.1, 0.15) is 13.6 Å². The summed E-state index contributed by atoms with van der Waals surface area (Å²) in [6.07, 6.45) is 31.8. The summed E-state index contributed by atoms with van der Waals surface area (Å²) in [7, 11) is -0.429. The molecule has 0 aromatic rings. The summed E-state index contributed by atoms with van der Waals surface area (Å²) in [6, 6.07) is -0.442. The molecule has 299 valence electrons. The third kappa shape index (κ3) is 34.7. The van der Waals surface area contributed by atoms with Gasteiger partial charge in [-0.15, -0.1) is 0 Å². The van der Waals surface area contributed by atoms with E-state index in [2.05, 4.69) is 26.1 Å². The van der Waals surface area contributed by atoms with E-state index in [-0.39, 0.29) is 37.0 Å². The van der Waals surface area contributed by atoms with Crippen LogP contribution >= 0.6 is 19.3 Å². The summed E-state index contributed by atoms with van der Waals surface area (Å²) in [5.74, 6) is -0.303. The van der Waals surface area contributed by atoms with Gasteiger partial charge in [0, 0.05) is 50.9 Å². The van der Waals surface area contributed by atoms with Crippen LogP contribution in [0, 0.1) is 0 Å². The molecule has 3 atom stereocenters. The van der Waals surface area contributed by atoms with Crippen LogP contribution in [0.5, 0.6) is 0 Å². The lowest BCUT2D eigenvalue weighted by molar-refractivity contribution is -0.150. The largest absolute Gasteiger partial charge is 0.462 e. The fourth-order valence-electron chi connectivity index (χ4n) is 6.54. The zero-order valence-corrected chi connectivity index (χ0v) is 35.4. The van der Waals surface area contributed by atoms with Gasteiger partial charge in [0.15, 0.2) is 0 Å². The monoisotopic (exact) mass is 759 g/mol. The predicted octanol–water partition coefficient (Wildman–Crippen LogP) is 11.7. The molecule has 0 saturated heterocycles. The maximum Gasteiger partial charge on any atom is 0.306 e. The van der Waals surface area contributed by atoms with E-state index in [4.69, 9.17) is 11.5 Å². The van der Waals surface area contributed by atoms with E-state index >= 15 is 0 Å². The van der Waals surface area contributed by atoms with Gasteiger partial charge >= 0.3 is 5.97 Å².